The first-order valence-electron chi connectivity index (χ1n) is 7.64. The second-order valence-corrected chi connectivity index (χ2v) is 5.86. The summed E-state index contributed by atoms with van der Waals surface area (Å²) < 4.78 is 7.54. The van der Waals surface area contributed by atoms with Gasteiger partial charge >= 0.3 is 0 Å². The van der Waals surface area contributed by atoms with Crippen LogP contribution in [0.15, 0.2) is 35.0 Å². The predicted octanol–water partition coefficient (Wildman–Crippen LogP) is 2.26. The van der Waals surface area contributed by atoms with Crippen LogP contribution in [0.3, 0.4) is 0 Å². The van der Waals surface area contributed by atoms with Gasteiger partial charge in [-0.2, -0.15) is 4.98 Å². The monoisotopic (exact) mass is 310 g/mol. The molecule has 1 aliphatic heterocycles. The van der Waals surface area contributed by atoms with Gasteiger partial charge in [-0.25, -0.2) is 0 Å². The van der Waals surface area contributed by atoms with Crippen molar-refractivity contribution < 1.29 is 4.52 Å². The average Bonchev–Trinajstić information content (AvgIpc) is 3.25. The van der Waals surface area contributed by atoms with E-state index in [9.17, 15) is 0 Å². The van der Waals surface area contributed by atoms with Crippen molar-refractivity contribution in [2.75, 3.05) is 6.54 Å². The molecule has 7 heteroatoms. The summed E-state index contributed by atoms with van der Waals surface area (Å²) in [6.07, 6.45) is 3.86. The second kappa shape index (κ2) is 5.12. The molecule has 0 radical (unpaired) electrons. The molecule has 1 saturated heterocycles. The van der Waals surface area contributed by atoms with E-state index in [2.05, 4.69) is 26.8 Å². The van der Waals surface area contributed by atoms with Crippen molar-refractivity contribution in [2.45, 2.75) is 18.9 Å². The Hall–Kier alpha value is -2.83. The molecule has 0 unspecified atom stereocenters. The highest BCUT2D eigenvalue weighted by Gasteiger charge is 2.31. The van der Waals surface area contributed by atoms with Gasteiger partial charge < -0.3 is 19.7 Å². The van der Waals surface area contributed by atoms with Crippen LogP contribution < -0.4 is 5.73 Å². The zero-order chi connectivity index (χ0) is 16.0. The number of rotatable bonds is 2. The fourth-order valence-electron chi connectivity index (χ4n) is 3.29. The van der Waals surface area contributed by atoms with Gasteiger partial charge in [0.25, 0.3) is 0 Å². The number of hydrogen-bond acceptors (Lipinski definition) is 4. The minimum absolute atomic E-state index is 0.0532. The Morgan fingerprint density at radius 2 is 2.26 bits per heavy atom. The molecule has 7 nitrogen and oxygen atoms in total. The number of aromatic nitrogens is 3. The topological polar surface area (TPSA) is 97.0 Å². The summed E-state index contributed by atoms with van der Waals surface area (Å²) in [5, 5.41) is 12.9. The van der Waals surface area contributed by atoms with Gasteiger partial charge in [0.15, 0.2) is 5.96 Å². The lowest BCUT2D eigenvalue weighted by atomic mass is 10.1. The summed E-state index contributed by atoms with van der Waals surface area (Å²) in [6.45, 7) is 0.756. The maximum Gasteiger partial charge on any atom is 0.249 e. The fourth-order valence-corrected chi connectivity index (χ4v) is 3.29. The van der Waals surface area contributed by atoms with Gasteiger partial charge in [0.2, 0.25) is 11.7 Å². The minimum Gasteiger partial charge on any atom is -0.370 e. The van der Waals surface area contributed by atoms with E-state index in [-0.39, 0.29) is 12.0 Å². The molecular weight excluding hydrogens is 292 g/mol. The molecule has 1 aromatic carbocycles. The Labute approximate surface area is 133 Å². The third-order valence-corrected chi connectivity index (χ3v) is 4.46. The van der Waals surface area contributed by atoms with Crippen molar-refractivity contribution in [1.29, 1.82) is 5.41 Å². The molecule has 3 aromatic rings. The Kier molecular flexibility index (Phi) is 3.07. The number of nitrogens with zero attached hydrogens (tertiary/aromatic N) is 4. The van der Waals surface area contributed by atoms with Crippen molar-refractivity contribution in [3.63, 3.8) is 0 Å². The number of hydrogen-bond donors (Lipinski definition) is 2. The summed E-state index contributed by atoms with van der Waals surface area (Å²) in [4.78, 5) is 6.38. The molecule has 1 aliphatic rings. The molecule has 0 bridgehead atoms. The van der Waals surface area contributed by atoms with Gasteiger partial charge in [-0.15, -0.1) is 0 Å². The van der Waals surface area contributed by atoms with Crippen LogP contribution in [0, 0.1) is 5.41 Å². The van der Waals surface area contributed by atoms with Crippen molar-refractivity contribution in [2.24, 2.45) is 12.8 Å². The molecule has 0 amide bonds. The van der Waals surface area contributed by atoms with E-state index in [4.69, 9.17) is 15.7 Å². The highest BCUT2D eigenvalue weighted by Crippen LogP contribution is 2.33. The summed E-state index contributed by atoms with van der Waals surface area (Å²) >= 11 is 0. The van der Waals surface area contributed by atoms with Crippen LogP contribution in [0.5, 0.6) is 0 Å². The second-order valence-electron chi connectivity index (χ2n) is 5.86. The highest BCUT2D eigenvalue weighted by molar-refractivity contribution is 5.93. The van der Waals surface area contributed by atoms with Crippen LogP contribution in [0.2, 0.25) is 0 Å². The van der Waals surface area contributed by atoms with Crippen LogP contribution in [-0.4, -0.2) is 32.1 Å². The lowest BCUT2D eigenvalue weighted by molar-refractivity contribution is 0.283. The quantitative estimate of drug-likeness (QED) is 0.559. The Balaban J connectivity index is 1.74. The third-order valence-electron chi connectivity index (χ3n) is 4.46. The average molecular weight is 310 g/mol. The van der Waals surface area contributed by atoms with E-state index >= 15 is 0 Å². The number of fused-ring (bicyclic) bond motifs is 1. The molecule has 0 saturated carbocycles. The number of benzene rings is 1. The zero-order valence-corrected chi connectivity index (χ0v) is 12.9. The molecule has 118 valence electrons. The van der Waals surface area contributed by atoms with E-state index < -0.39 is 0 Å². The first-order valence-corrected chi connectivity index (χ1v) is 7.64. The van der Waals surface area contributed by atoms with E-state index in [0.717, 1.165) is 35.9 Å². The fraction of sp³-hybridized carbons (Fsp3) is 0.312. The summed E-state index contributed by atoms with van der Waals surface area (Å²) in [6, 6.07) is 8.01. The molecule has 4 rings (SSSR count). The van der Waals surface area contributed by atoms with Crippen molar-refractivity contribution in [1.82, 2.24) is 19.6 Å². The Morgan fingerprint density at radius 3 is 3.09 bits per heavy atom. The largest absolute Gasteiger partial charge is 0.370 e. The highest BCUT2D eigenvalue weighted by atomic mass is 16.5. The van der Waals surface area contributed by atoms with Gasteiger partial charge in [0, 0.05) is 36.3 Å². The Morgan fingerprint density at radius 1 is 1.39 bits per heavy atom. The first kappa shape index (κ1) is 13.8. The number of nitrogens with one attached hydrogen (secondary N) is 1. The molecule has 1 atom stereocenters. The van der Waals surface area contributed by atoms with Crippen LogP contribution in [0.25, 0.3) is 22.3 Å². The van der Waals surface area contributed by atoms with E-state index in [0.29, 0.717) is 11.7 Å². The van der Waals surface area contributed by atoms with E-state index in [1.807, 2.05) is 25.4 Å². The summed E-state index contributed by atoms with van der Waals surface area (Å²) in [5.74, 6) is 1.16. The van der Waals surface area contributed by atoms with Crippen LogP contribution >= 0.6 is 0 Å². The SMILES string of the molecule is Cn1ccc2c(-c3noc([C@@H]4CCCN4C(=N)N)n3)cccc21. The van der Waals surface area contributed by atoms with E-state index in [1.54, 1.807) is 4.90 Å². The normalized spacial score (nSPS) is 18.0. The maximum absolute atomic E-state index is 7.66. The van der Waals surface area contributed by atoms with Crippen LogP contribution in [0.1, 0.15) is 24.8 Å². The predicted molar refractivity (Wildman–Crippen MR) is 86.8 cm³/mol. The molecule has 3 N–H and O–H groups in total. The summed E-state index contributed by atoms with van der Waals surface area (Å²) in [5.41, 5.74) is 7.71. The van der Waals surface area contributed by atoms with Gasteiger partial charge in [-0.05, 0) is 25.0 Å². The van der Waals surface area contributed by atoms with Crippen molar-refractivity contribution >= 4 is 16.9 Å². The lowest BCUT2D eigenvalue weighted by Gasteiger charge is -2.21. The van der Waals surface area contributed by atoms with Crippen LogP contribution in [0.4, 0.5) is 0 Å². The van der Waals surface area contributed by atoms with E-state index in [1.165, 1.54) is 0 Å². The third kappa shape index (κ3) is 2.16. The van der Waals surface area contributed by atoms with Crippen LogP contribution in [-0.2, 0) is 7.05 Å². The maximum atomic E-state index is 7.66. The molecule has 2 aromatic heterocycles. The standard InChI is InChI=1S/C16H18N6O/c1-21-9-7-10-11(4-2-5-12(10)21)14-19-15(23-20-14)13-6-3-8-22(13)16(17)18/h2,4-5,7,9,13H,3,6,8H2,1H3,(H3,17,18)/t13-/m0/s1. The smallest absolute Gasteiger partial charge is 0.249 e. The molecule has 0 spiro atoms. The number of guanidine groups is 1. The molecule has 0 aliphatic carbocycles. The Bertz CT molecular complexity index is 880. The van der Waals surface area contributed by atoms with Gasteiger partial charge in [0.1, 0.15) is 6.04 Å². The zero-order valence-electron chi connectivity index (χ0n) is 12.9. The lowest BCUT2D eigenvalue weighted by Crippen LogP contribution is -2.35. The first-order chi connectivity index (χ1) is 11.1. The van der Waals surface area contributed by atoms with Gasteiger partial charge in [-0.1, -0.05) is 17.3 Å². The number of likely N-dealkylation sites (tertiary alicyclic amines) is 1. The van der Waals surface area contributed by atoms with Gasteiger partial charge in [0.05, 0.1) is 0 Å². The molecule has 23 heavy (non-hydrogen) atoms. The van der Waals surface area contributed by atoms with Crippen molar-refractivity contribution in [3.05, 3.63) is 36.4 Å². The summed E-state index contributed by atoms with van der Waals surface area (Å²) in [7, 11) is 2.01. The van der Waals surface area contributed by atoms with Crippen molar-refractivity contribution in [3.8, 4) is 11.4 Å². The number of nitrogens with two attached hydrogens (primary N) is 1. The van der Waals surface area contributed by atoms with Gasteiger partial charge in [-0.3, -0.25) is 5.41 Å². The molecule has 3 heterocycles. The minimum atomic E-state index is -0.0938. The molecular formula is C16H18N6O. The molecule has 1 fully saturated rings. The number of aryl methyl sites for hydroxylation is 1.